The lowest BCUT2D eigenvalue weighted by Gasteiger charge is -2.44. The van der Waals surface area contributed by atoms with Crippen molar-refractivity contribution in [2.45, 2.75) is 5.41 Å². The van der Waals surface area contributed by atoms with Gasteiger partial charge < -0.3 is 0 Å². The number of hydrogen-bond acceptors (Lipinski definition) is 4. The van der Waals surface area contributed by atoms with Gasteiger partial charge in [0.15, 0.2) is 0 Å². The van der Waals surface area contributed by atoms with Crippen molar-refractivity contribution in [3.63, 3.8) is 0 Å². The Labute approximate surface area is 282 Å². The summed E-state index contributed by atoms with van der Waals surface area (Å²) < 4.78 is 2.19. The third kappa shape index (κ3) is 3.54. The molecule has 0 N–H and O–H groups in total. The van der Waals surface area contributed by atoms with Crippen molar-refractivity contribution in [2.24, 2.45) is 0 Å². The van der Waals surface area contributed by atoms with E-state index in [9.17, 15) is 10.5 Å². The van der Waals surface area contributed by atoms with E-state index in [2.05, 4.69) is 131 Å². The normalized spacial score (nSPS) is 13.4. The van der Waals surface area contributed by atoms with Gasteiger partial charge in [-0.05, 0) is 94.0 Å². The molecule has 0 amide bonds. The van der Waals surface area contributed by atoms with Crippen molar-refractivity contribution >= 4 is 39.0 Å². The van der Waals surface area contributed by atoms with Crippen LogP contribution in [0.15, 0.2) is 152 Å². The van der Waals surface area contributed by atoms with Crippen LogP contribution in [0.4, 0.5) is 17.2 Å². The minimum absolute atomic E-state index is 0.620. The molecule has 2 aliphatic rings. The van der Waals surface area contributed by atoms with E-state index in [4.69, 9.17) is 4.98 Å². The number of nitriles is 2. The summed E-state index contributed by atoms with van der Waals surface area (Å²) in [5.74, 6) is 1.59. The smallest absolute Gasteiger partial charge is 0.140 e. The first-order valence-corrected chi connectivity index (χ1v) is 16.3. The lowest BCUT2D eigenvalue weighted by Crippen LogP contribution is -2.36. The average Bonchev–Trinajstić information content (AvgIpc) is 3.65. The molecule has 10 rings (SSSR count). The minimum Gasteiger partial charge on any atom is -0.294 e. The molecule has 0 saturated carbocycles. The van der Waals surface area contributed by atoms with Crippen LogP contribution < -0.4 is 4.90 Å². The minimum atomic E-state index is -0.620. The Morgan fingerprint density at radius 1 is 0.469 bits per heavy atom. The number of para-hydroxylation sites is 3. The van der Waals surface area contributed by atoms with E-state index in [-0.39, 0.29) is 0 Å². The van der Waals surface area contributed by atoms with Crippen molar-refractivity contribution < 1.29 is 0 Å². The van der Waals surface area contributed by atoms with Crippen LogP contribution in [-0.4, -0.2) is 9.55 Å². The summed E-state index contributed by atoms with van der Waals surface area (Å²) in [7, 11) is 0. The quantitative estimate of drug-likeness (QED) is 0.192. The molecule has 0 radical (unpaired) electrons. The molecule has 5 nitrogen and oxygen atoms in total. The highest BCUT2D eigenvalue weighted by atomic mass is 15.2. The summed E-state index contributed by atoms with van der Waals surface area (Å²) >= 11 is 0. The SMILES string of the molecule is N#Cc1ccc2c(c1)C1(c3ccccc3-2)c2ccccc2N(c2cccc(-n3c4ccccc4c4cc(C#N)ccc43)n2)c2ccccc21. The van der Waals surface area contributed by atoms with Gasteiger partial charge in [-0.25, -0.2) is 4.98 Å². The predicted octanol–water partition coefficient (Wildman–Crippen LogP) is 10.1. The van der Waals surface area contributed by atoms with Gasteiger partial charge in [-0.1, -0.05) is 91.0 Å². The molecular formula is C44H25N5. The van der Waals surface area contributed by atoms with Crippen molar-refractivity contribution in [1.29, 1.82) is 10.5 Å². The molecule has 1 aliphatic carbocycles. The van der Waals surface area contributed by atoms with Gasteiger partial charge in [0.2, 0.25) is 0 Å². The second-order valence-corrected chi connectivity index (χ2v) is 12.6. The topological polar surface area (TPSA) is 68.6 Å². The Morgan fingerprint density at radius 3 is 1.84 bits per heavy atom. The highest BCUT2D eigenvalue weighted by molar-refractivity contribution is 6.09. The largest absolute Gasteiger partial charge is 0.294 e. The highest BCUT2D eigenvalue weighted by Crippen LogP contribution is 2.63. The molecule has 1 spiro atoms. The van der Waals surface area contributed by atoms with E-state index in [1.165, 1.54) is 11.1 Å². The molecule has 226 valence electrons. The second-order valence-electron chi connectivity index (χ2n) is 12.6. The van der Waals surface area contributed by atoms with Crippen LogP contribution in [0.2, 0.25) is 0 Å². The molecule has 6 aromatic carbocycles. The van der Waals surface area contributed by atoms with E-state index >= 15 is 0 Å². The van der Waals surface area contributed by atoms with Gasteiger partial charge in [-0.15, -0.1) is 0 Å². The van der Waals surface area contributed by atoms with Crippen LogP contribution >= 0.6 is 0 Å². The summed E-state index contributed by atoms with van der Waals surface area (Å²) in [6, 6.07) is 57.0. The van der Waals surface area contributed by atoms with Gasteiger partial charge >= 0.3 is 0 Å². The summed E-state index contributed by atoms with van der Waals surface area (Å²) in [4.78, 5) is 7.67. The van der Waals surface area contributed by atoms with Crippen LogP contribution in [0.5, 0.6) is 0 Å². The summed E-state index contributed by atoms with van der Waals surface area (Å²) in [6.07, 6.45) is 0. The molecule has 0 unspecified atom stereocenters. The molecule has 49 heavy (non-hydrogen) atoms. The van der Waals surface area contributed by atoms with Crippen molar-refractivity contribution in [3.8, 4) is 29.1 Å². The maximum atomic E-state index is 10.0. The highest BCUT2D eigenvalue weighted by Gasteiger charge is 2.51. The molecule has 0 atom stereocenters. The molecule has 8 aromatic rings. The zero-order valence-corrected chi connectivity index (χ0v) is 26.2. The maximum absolute atomic E-state index is 10.0. The Kier molecular flexibility index (Phi) is 5.56. The zero-order valence-electron chi connectivity index (χ0n) is 26.2. The molecule has 0 saturated heterocycles. The number of anilines is 3. The first-order chi connectivity index (χ1) is 24.2. The standard InChI is InChI=1S/C44H25N5/c45-26-28-21-23-39-33(24-28)32-11-2-6-15-38(32)48(39)42-18-9-19-43(47-42)49-40-16-7-4-13-35(40)44(36-14-5-8-17-41(36)49)34-12-3-1-10-30(34)31-22-20-29(27-46)25-37(31)44/h1-25H. The lowest BCUT2D eigenvalue weighted by atomic mass is 9.64. The van der Waals surface area contributed by atoms with E-state index in [1.807, 2.05) is 42.5 Å². The van der Waals surface area contributed by atoms with Gasteiger partial charge in [-0.3, -0.25) is 9.47 Å². The summed E-state index contributed by atoms with van der Waals surface area (Å²) in [5, 5.41) is 21.8. The van der Waals surface area contributed by atoms with Crippen LogP contribution in [0, 0.1) is 22.7 Å². The number of fused-ring (bicyclic) bond motifs is 12. The first-order valence-electron chi connectivity index (χ1n) is 16.3. The fourth-order valence-corrected chi connectivity index (χ4v) is 8.37. The number of nitrogens with zero attached hydrogens (tertiary/aromatic N) is 5. The van der Waals surface area contributed by atoms with Crippen molar-refractivity contribution in [1.82, 2.24) is 9.55 Å². The molecular weight excluding hydrogens is 599 g/mol. The molecule has 0 bridgehead atoms. The zero-order chi connectivity index (χ0) is 32.7. The molecule has 3 heterocycles. The number of rotatable bonds is 2. The van der Waals surface area contributed by atoms with Crippen molar-refractivity contribution in [2.75, 3.05) is 4.90 Å². The Balaban J connectivity index is 1.25. The first kappa shape index (κ1) is 27.2. The Hall–Kier alpha value is -6.95. The fraction of sp³-hybridized carbons (Fsp3) is 0.0227. The number of aromatic nitrogens is 2. The van der Waals surface area contributed by atoms with Crippen LogP contribution in [0.25, 0.3) is 38.8 Å². The molecule has 0 fully saturated rings. The van der Waals surface area contributed by atoms with Crippen molar-refractivity contribution in [3.05, 3.63) is 185 Å². The molecule has 1 aliphatic heterocycles. The number of benzene rings is 6. The number of pyridine rings is 1. The van der Waals surface area contributed by atoms with Crippen LogP contribution in [-0.2, 0) is 5.41 Å². The van der Waals surface area contributed by atoms with E-state index in [1.54, 1.807) is 0 Å². The van der Waals surface area contributed by atoms with Gasteiger partial charge in [-0.2, -0.15) is 10.5 Å². The van der Waals surface area contributed by atoms with Crippen LogP contribution in [0.3, 0.4) is 0 Å². The third-order valence-corrected chi connectivity index (χ3v) is 10.3. The Morgan fingerprint density at radius 2 is 1.06 bits per heavy atom. The maximum Gasteiger partial charge on any atom is 0.140 e. The summed E-state index contributed by atoms with van der Waals surface area (Å²) in [6.45, 7) is 0. The predicted molar refractivity (Wildman–Crippen MR) is 194 cm³/mol. The number of hydrogen-bond donors (Lipinski definition) is 0. The van der Waals surface area contributed by atoms with E-state index in [0.717, 1.165) is 67.1 Å². The lowest BCUT2D eigenvalue weighted by molar-refractivity contribution is 0.751. The van der Waals surface area contributed by atoms with Gasteiger partial charge in [0.25, 0.3) is 0 Å². The molecule has 2 aromatic heterocycles. The summed E-state index contributed by atoms with van der Waals surface area (Å²) in [5.41, 5.74) is 11.7. The van der Waals surface area contributed by atoms with E-state index < -0.39 is 5.41 Å². The third-order valence-electron chi connectivity index (χ3n) is 10.3. The van der Waals surface area contributed by atoms with Gasteiger partial charge in [0.05, 0.1) is 51.1 Å². The monoisotopic (exact) mass is 623 g/mol. The van der Waals surface area contributed by atoms with Gasteiger partial charge in [0, 0.05) is 10.8 Å². The molecule has 5 heteroatoms. The van der Waals surface area contributed by atoms with E-state index in [0.29, 0.717) is 11.1 Å². The second kappa shape index (κ2) is 10.0. The van der Waals surface area contributed by atoms with Crippen LogP contribution in [0.1, 0.15) is 33.4 Å². The average molecular weight is 624 g/mol. The van der Waals surface area contributed by atoms with Gasteiger partial charge in [0.1, 0.15) is 11.6 Å². The Bertz CT molecular complexity index is 2730. The fourth-order valence-electron chi connectivity index (χ4n) is 8.37.